The Bertz CT molecular complexity index is 964. The number of likely N-dealkylation sites (N-methyl/N-ethyl adjacent to an activating group) is 1. The van der Waals surface area contributed by atoms with Gasteiger partial charge < -0.3 is 25.0 Å². The number of ether oxygens (including phenoxy) is 2. The summed E-state index contributed by atoms with van der Waals surface area (Å²) < 4.78 is 10.7. The van der Waals surface area contributed by atoms with Gasteiger partial charge in [0.05, 0.1) is 25.3 Å². The Labute approximate surface area is 213 Å². The van der Waals surface area contributed by atoms with Gasteiger partial charge in [0.1, 0.15) is 5.75 Å². The lowest BCUT2D eigenvalue weighted by Gasteiger charge is -2.42. The Morgan fingerprint density at radius 3 is 2.44 bits per heavy atom. The molecule has 198 valence electrons. The molecule has 2 aliphatic heterocycles. The third-order valence-electron chi connectivity index (χ3n) is 6.57. The van der Waals surface area contributed by atoms with Gasteiger partial charge in [0, 0.05) is 51.0 Å². The van der Waals surface area contributed by atoms with Gasteiger partial charge in [0.25, 0.3) is 0 Å². The van der Waals surface area contributed by atoms with Gasteiger partial charge in [-0.15, -0.1) is 0 Å². The minimum absolute atomic E-state index is 0.00729. The van der Waals surface area contributed by atoms with Crippen LogP contribution in [0.3, 0.4) is 0 Å². The number of nitrogens with one attached hydrogen (secondary N) is 2. The topological polar surface area (TPSA) is 103 Å². The largest absolute Gasteiger partial charge is 0.497 e. The summed E-state index contributed by atoms with van der Waals surface area (Å²) in [5.74, 6) is 0.241. The number of nitrogens with zero attached hydrogens (tertiary/aromatic N) is 3. The zero-order valence-corrected chi connectivity index (χ0v) is 22.0. The number of hydrogen-bond acceptors (Lipinski definition) is 6. The first-order valence-electron chi connectivity index (χ1n) is 12.7. The lowest BCUT2D eigenvalue weighted by molar-refractivity contribution is -0.139. The highest BCUT2D eigenvalue weighted by atomic mass is 16.5. The predicted octanol–water partition coefficient (Wildman–Crippen LogP) is 2.72. The molecule has 0 spiro atoms. The summed E-state index contributed by atoms with van der Waals surface area (Å²) in [6, 6.07) is 6.34. The Morgan fingerprint density at radius 2 is 1.86 bits per heavy atom. The average molecular weight is 502 g/mol. The molecule has 2 N–H and O–H groups in total. The van der Waals surface area contributed by atoms with E-state index in [9.17, 15) is 14.4 Å². The van der Waals surface area contributed by atoms with E-state index < -0.39 is 12.0 Å². The summed E-state index contributed by atoms with van der Waals surface area (Å²) in [4.78, 5) is 44.6. The van der Waals surface area contributed by atoms with Crippen molar-refractivity contribution in [2.45, 2.75) is 46.2 Å². The molecule has 36 heavy (non-hydrogen) atoms. The van der Waals surface area contributed by atoms with E-state index in [4.69, 9.17) is 9.47 Å². The van der Waals surface area contributed by atoms with Crippen molar-refractivity contribution in [1.29, 1.82) is 0 Å². The van der Waals surface area contributed by atoms with Crippen LogP contribution in [0.4, 0.5) is 9.59 Å². The van der Waals surface area contributed by atoms with E-state index in [1.807, 2.05) is 37.8 Å². The lowest BCUT2D eigenvalue weighted by atomic mass is 9.94. The van der Waals surface area contributed by atoms with Crippen LogP contribution in [0.5, 0.6) is 5.75 Å². The number of carbonyl (C=O) groups is 3. The van der Waals surface area contributed by atoms with Crippen molar-refractivity contribution in [3.05, 3.63) is 41.1 Å². The lowest BCUT2D eigenvalue weighted by Crippen LogP contribution is -2.58. The summed E-state index contributed by atoms with van der Waals surface area (Å²) >= 11 is 0. The van der Waals surface area contributed by atoms with Crippen LogP contribution in [0.1, 0.15) is 45.7 Å². The number of amides is 4. The zero-order valence-electron chi connectivity index (χ0n) is 22.0. The molecule has 0 saturated carbocycles. The van der Waals surface area contributed by atoms with Gasteiger partial charge >= 0.3 is 18.0 Å². The van der Waals surface area contributed by atoms with Crippen molar-refractivity contribution in [2.24, 2.45) is 0 Å². The summed E-state index contributed by atoms with van der Waals surface area (Å²) in [6.07, 6.45) is 0.884. The van der Waals surface area contributed by atoms with Crippen molar-refractivity contribution in [1.82, 2.24) is 25.3 Å². The second-order valence-electron chi connectivity index (χ2n) is 8.99. The summed E-state index contributed by atoms with van der Waals surface area (Å²) in [5, 5.41) is 5.93. The minimum atomic E-state index is -0.640. The quantitative estimate of drug-likeness (QED) is 0.505. The maximum atomic E-state index is 13.3. The van der Waals surface area contributed by atoms with E-state index >= 15 is 0 Å². The van der Waals surface area contributed by atoms with E-state index in [1.54, 1.807) is 31.1 Å². The van der Waals surface area contributed by atoms with Crippen LogP contribution in [-0.4, -0.2) is 91.8 Å². The van der Waals surface area contributed by atoms with Crippen molar-refractivity contribution >= 4 is 18.0 Å². The molecule has 0 radical (unpaired) electrons. The maximum absolute atomic E-state index is 13.3. The number of carbonyl (C=O) groups excluding carboxylic acids is 3. The molecule has 2 aliphatic rings. The first-order chi connectivity index (χ1) is 17.3. The molecule has 2 unspecified atom stereocenters. The van der Waals surface area contributed by atoms with Gasteiger partial charge in [-0.3, -0.25) is 9.80 Å². The highest BCUT2D eigenvalue weighted by Crippen LogP contribution is 2.33. The van der Waals surface area contributed by atoms with Gasteiger partial charge in [-0.1, -0.05) is 19.1 Å². The Morgan fingerprint density at radius 1 is 1.14 bits per heavy atom. The van der Waals surface area contributed by atoms with Crippen molar-refractivity contribution < 1.29 is 23.9 Å². The molecule has 0 aliphatic carbocycles. The second-order valence-corrected chi connectivity index (χ2v) is 8.99. The SMILES string of the molecule is CCCNC(=O)N1CCN(CC2=C(C(=O)OCC)C(c3ccc(OC)cc3)NC(=O)N2CC)CC1C. The first-order valence-corrected chi connectivity index (χ1v) is 12.7. The Kier molecular flexibility index (Phi) is 9.58. The third-order valence-corrected chi connectivity index (χ3v) is 6.57. The number of rotatable bonds is 9. The minimum Gasteiger partial charge on any atom is -0.497 e. The van der Waals surface area contributed by atoms with Gasteiger partial charge in [0.2, 0.25) is 0 Å². The highest BCUT2D eigenvalue weighted by Gasteiger charge is 2.39. The van der Waals surface area contributed by atoms with Crippen LogP contribution < -0.4 is 15.4 Å². The highest BCUT2D eigenvalue weighted by molar-refractivity contribution is 5.95. The van der Waals surface area contributed by atoms with Crippen LogP contribution in [0.25, 0.3) is 0 Å². The fourth-order valence-corrected chi connectivity index (χ4v) is 4.73. The van der Waals surface area contributed by atoms with Crippen LogP contribution in [0.15, 0.2) is 35.5 Å². The number of piperazine rings is 1. The van der Waals surface area contributed by atoms with Crippen LogP contribution >= 0.6 is 0 Å². The first kappa shape index (κ1) is 27.3. The van der Waals surface area contributed by atoms with Crippen molar-refractivity contribution in [3.63, 3.8) is 0 Å². The summed E-state index contributed by atoms with van der Waals surface area (Å²) in [7, 11) is 1.59. The number of hydrogen-bond donors (Lipinski definition) is 2. The molecule has 2 atom stereocenters. The van der Waals surface area contributed by atoms with Crippen LogP contribution in [0, 0.1) is 0 Å². The van der Waals surface area contributed by atoms with E-state index in [0.717, 1.165) is 12.0 Å². The van der Waals surface area contributed by atoms with Gasteiger partial charge in [-0.2, -0.15) is 0 Å². The standard InChI is InChI=1S/C26H39N5O5/c1-6-13-27-25(33)31-15-14-29(16-18(31)4)17-21-22(24(32)36-8-3)23(28-26(34)30(21)7-2)19-9-11-20(35-5)12-10-19/h9-12,18,23H,6-8,13-17H2,1-5H3,(H,27,33)(H,28,34). The Balaban J connectivity index is 1.92. The van der Waals surface area contributed by atoms with Crippen molar-refractivity contribution in [2.75, 3.05) is 53.0 Å². The molecule has 10 nitrogen and oxygen atoms in total. The normalized spacial score (nSPS) is 20.8. The molecule has 1 aromatic rings. The second kappa shape index (κ2) is 12.6. The molecule has 1 aromatic carbocycles. The zero-order chi connectivity index (χ0) is 26.2. The van der Waals surface area contributed by atoms with Crippen LogP contribution in [0.2, 0.25) is 0 Å². The maximum Gasteiger partial charge on any atom is 0.338 e. The third kappa shape index (κ3) is 6.10. The summed E-state index contributed by atoms with van der Waals surface area (Å²) in [6.45, 7) is 11.2. The molecule has 0 bridgehead atoms. The molecule has 2 heterocycles. The number of esters is 1. The molecule has 1 saturated heterocycles. The molecule has 1 fully saturated rings. The van der Waals surface area contributed by atoms with E-state index in [0.29, 0.717) is 56.3 Å². The number of urea groups is 2. The molecule has 0 aromatic heterocycles. The molecule has 3 rings (SSSR count). The van der Waals surface area contributed by atoms with E-state index in [1.165, 1.54) is 0 Å². The molecule has 4 amide bonds. The fourth-order valence-electron chi connectivity index (χ4n) is 4.73. The van der Waals surface area contributed by atoms with Gasteiger partial charge in [-0.05, 0) is 44.9 Å². The van der Waals surface area contributed by atoms with E-state index in [2.05, 4.69) is 15.5 Å². The van der Waals surface area contributed by atoms with Gasteiger partial charge in [-0.25, -0.2) is 14.4 Å². The molecule has 10 heteroatoms. The smallest absolute Gasteiger partial charge is 0.338 e. The fraction of sp³-hybridized carbons (Fsp3) is 0.577. The van der Waals surface area contributed by atoms with Crippen molar-refractivity contribution in [3.8, 4) is 5.75 Å². The molecular weight excluding hydrogens is 462 g/mol. The number of benzene rings is 1. The van der Waals surface area contributed by atoms with E-state index in [-0.39, 0.29) is 24.7 Å². The Hall–Kier alpha value is -3.27. The predicted molar refractivity (Wildman–Crippen MR) is 137 cm³/mol. The number of methoxy groups -OCH3 is 1. The van der Waals surface area contributed by atoms with Crippen LogP contribution in [-0.2, 0) is 9.53 Å². The molecular formula is C26H39N5O5. The summed E-state index contributed by atoms with van der Waals surface area (Å²) in [5.41, 5.74) is 1.84. The monoisotopic (exact) mass is 501 g/mol. The average Bonchev–Trinajstić information content (AvgIpc) is 2.87. The van der Waals surface area contributed by atoms with Gasteiger partial charge in [0.15, 0.2) is 0 Å².